The zero-order valence-electron chi connectivity index (χ0n) is 12.3. The van der Waals surface area contributed by atoms with Crippen molar-refractivity contribution in [1.29, 1.82) is 5.41 Å². The van der Waals surface area contributed by atoms with Crippen LogP contribution in [0, 0.1) is 5.41 Å². The summed E-state index contributed by atoms with van der Waals surface area (Å²) >= 11 is 1.91. The molecule has 3 rings (SSSR count). The summed E-state index contributed by atoms with van der Waals surface area (Å²) in [7, 11) is 0. The van der Waals surface area contributed by atoms with Gasteiger partial charge < -0.3 is 0 Å². The number of likely N-dealkylation sites (tertiary alicyclic amines) is 1. The Bertz CT molecular complexity index is 736. The number of hydrogen-bond acceptors (Lipinski definition) is 4. The lowest BCUT2D eigenvalue weighted by Crippen LogP contribution is -2.24. The average Bonchev–Trinajstić information content (AvgIpc) is 2.86. The first-order valence-corrected chi connectivity index (χ1v) is 8.27. The zero-order valence-corrected chi connectivity index (χ0v) is 14.4. The molecule has 2 aromatic rings. The topological polar surface area (TPSA) is 52.9 Å². The molecule has 0 aliphatic carbocycles. The van der Waals surface area contributed by atoms with Gasteiger partial charge in [0.05, 0.1) is 17.9 Å². The first-order chi connectivity index (χ1) is 10.9. The van der Waals surface area contributed by atoms with Crippen molar-refractivity contribution in [2.45, 2.75) is 18.9 Å². The van der Waals surface area contributed by atoms with Crippen molar-refractivity contribution in [3.63, 3.8) is 0 Å². The molecule has 3 heterocycles. The predicted molar refractivity (Wildman–Crippen MR) is 93.2 cm³/mol. The Kier molecular flexibility index (Phi) is 4.67. The molecular formula is C16H15F2IN4. The third-order valence-electron chi connectivity index (χ3n) is 3.72. The van der Waals surface area contributed by atoms with Crippen LogP contribution in [0.3, 0.4) is 0 Å². The molecule has 0 unspecified atom stereocenters. The Balaban J connectivity index is 1.80. The van der Waals surface area contributed by atoms with Crippen molar-refractivity contribution in [1.82, 2.24) is 14.9 Å². The molecule has 120 valence electrons. The highest BCUT2D eigenvalue weighted by atomic mass is 127. The molecule has 2 aromatic heterocycles. The molecule has 4 nitrogen and oxygen atoms in total. The van der Waals surface area contributed by atoms with Crippen molar-refractivity contribution in [2.24, 2.45) is 0 Å². The van der Waals surface area contributed by atoms with Crippen LogP contribution in [0.1, 0.15) is 17.7 Å². The van der Waals surface area contributed by atoms with Crippen molar-refractivity contribution in [3.05, 3.63) is 47.9 Å². The van der Waals surface area contributed by atoms with Gasteiger partial charge in [0.25, 0.3) is 5.92 Å². The van der Waals surface area contributed by atoms with Gasteiger partial charge in [0.1, 0.15) is 3.72 Å². The van der Waals surface area contributed by atoms with Gasteiger partial charge >= 0.3 is 0 Å². The molecule has 0 bridgehead atoms. The summed E-state index contributed by atoms with van der Waals surface area (Å²) in [5, 5.41) is 7.65. The molecular weight excluding hydrogens is 413 g/mol. The largest absolute Gasteiger partial charge is 0.293 e. The summed E-state index contributed by atoms with van der Waals surface area (Å²) in [5.74, 6) is -2.58. The van der Waals surface area contributed by atoms with Gasteiger partial charge in [-0.1, -0.05) is 6.07 Å². The van der Waals surface area contributed by atoms with Crippen LogP contribution in [0.5, 0.6) is 0 Å². The normalized spacial score (nSPS) is 17.3. The van der Waals surface area contributed by atoms with Crippen LogP contribution in [0.25, 0.3) is 11.3 Å². The maximum Gasteiger partial charge on any atom is 0.261 e. The van der Waals surface area contributed by atoms with E-state index in [0.717, 1.165) is 16.8 Å². The molecule has 1 N–H and O–H groups in total. The first kappa shape index (κ1) is 16.4. The number of pyridine rings is 2. The summed E-state index contributed by atoms with van der Waals surface area (Å²) < 4.78 is 26.9. The van der Waals surface area contributed by atoms with Crippen molar-refractivity contribution in [3.8, 4) is 11.3 Å². The van der Waals surface area contributed by atoms with E-state index in [4.69, 9.17) is 5.41 Å². The molecule has 1 saturated heterocycles. The number of hydrogen-bond donors (Lipinski definition) is 1. The van der Waals surface area contributed by atoms with Crippen LogP contribution in [0.15, 0.2) is 36.7 Å². The predicted octanol–water partition coefficient (Wildman–Crippen LogP) is 3.74. The third-order valence-corrected chi connectivity index (χ3v) is 4.27. The molecule has 7 heteroatoms. The highest BCUT2D eigenvalue weighted by Crippen LogP contribution is 2.28. The summed E-state index contributed by atoms with van der Waals surface area (Å²) in [6, 6.07) is 7.40. The van der Waals surface area contributed by atoms with E-state index >= 15 is 0 Å². The number of nitrogens with zero attached hydrogens (tertiary/aromatic N) is 3. The second-order valence-corrected chi connectivity index (χ2v) is 6.70. The van der Waals surface area contributed by atoms with Gasteiger partial charge in [-0.2, -0.15) is 0 Å². The Hall–Kier alpha value is -1.48. The standard InChI is InChI=1S/C16H15F2IN4/c17-16(18)4-5-23(10-16)9-11-6-12(8-21-7-11)13-2-1-3-14(22-13)15(19)20/h1-3,6-8,20H,4-5,9-10H2. The fourth-order valence-corrected chi connectivity index (χ4v) is 2.93. The van der Waals surface area contributed by atoms with Gasteiger partial charge in [-0.05, 0) is 46.4 Å². The van der Waals surface area contributed by atoms with Gasteiger partial charge in [-0.3, -0.25) is 15.3 Å². The fourth-order valence-electron chi connectivity index (χ4n) is 2.63. The van der Waals surface area contributed by atoms with Crippen molar-refractivity contribution in [2.75, 3.05) is 13.1 Å². The molecule has 0 aromatic carbocycles. The summed E-state index contributed by atoms with van der Waals surface area (Å²) in [6.07, 6.45) is 3.32. The van der Waals surface area contributed by atoms with E-state index in [1.165, 1.54) is 0 Å². The lowest BCUT2D eigenvalue weighted by molar-refractivity contribution is 0.0115. The number of nitrogens with one attached hydrogen (secondary N) is 1. The van der Waals surface area contributed by atoms with Crippen molar-refractivity contribution < 1.29 is 8.78 Å². The Morgan fingerprint density at radius 2 is 2.17 bits per heavy atom. The van der Waals surface area contributed by atoms with Gasteiger partial charge in [-0.25, -0.2) is 13.8 Å². The van der Waals surface area contributed by atoms with Crippen LogP contribution >= 0.6 is 22.6 Å². The minimum absolute atomic E-state index is 0.0819. The molecule has 23 heavy (non-hydrogen) atoms. The molecule has 1 aliphatic rings. The zero-order chi connectivity index (χ0) is 16.4. The number of aromatic nitrogens is 2. The molecule has 0 amide bonds. The molecule has 0 atom stereocenters. The Morgan fingerprint density at radius 3 is 2.87 bits per heavy atom. The van der Waals surface area contributed by atoms with E-state index in [9.17, 15) is 8.78 Å². The maximum absolute atomic E-state index is 13.3. The molecule has 0 radical (unpaired) electrons. The average molecular weight is 428 g/mol. The Morgan fingerprint density at radius 1 is 1.35 bits per heavy atom. The minimum atomic E-state index is -2.58. The number of halogens is 3. The molecule has 0 spiro atoms. The highest BCUT2D eigenvalue weighted by Gasteiger charge is 2.37. The highest BCUT2D eigenvalue weighted by molar-refractivity contribution is 14.1. The van der Waals surface area contributed by atoms with Crippen LogP contribution in [0.2, 0.25) is 0 Å². The van der Waals surface area contributed by atoms with Crippen LogP contribution in [0.4, 0.5) is 8.78 Å². The van der Waals surface area contributed by atoms with E-state index in [0.29, 0.717) is 22.5 Å². The monoisotopic (exact) mass is 428 g/mol. The van der Waals surface area contributed by atoms with E-state index in [-0.39, 0.29) is 13.0 Å². The second kappa shape index (κ2) is 6.56. The molecule has 1 aliphatic heterocycles. The fraction of sp³-hybridized carbons (Fsp3) is 0.312. The summed E-state index contributed by atoms with van der Waals surface area (Å²) in [4.78, 5) is 10.4. The quantitative estimate of drug-likeness (QED) is 0.597. The van der Waals surface area contributed by atoms with Gasteiger partial charge in [-0.15, -0.1) is 0 Å². The number of alkyl halides is 2. The SMILES string of the molecule is N=C(I)c1cccc(-c2cncc(CN3CCC(F)(F)C3)c2)n1. The summed E-state index contributed by atoms with van der Waals surface area (Å²) in [5.41, 5.74) is 3.04. The first-order valence-electron chi connectivity index (χ1n) is 7.19. The lowest BCUT2D eigenvalue weighted by Gasteiger charge is -2.15. The lowest BCUT2D eigenvalue weighted by atomic mass is 10.1. The van der Waals surface area contributed by atoms with Gasteiger partial charge in [0.15, 0.2) is 0 Å². The molecule has 1 fully saturated rings. The van der Waals surface area contributed by atoms with Crippen LogP contribution < -0.4 is 0 Å². The Labute approximate surface area is 146 Å². The molecule has 0 saturated carbocycles. The van der Waals surface area contributed by atoms with E-state index < -0.39 is 5.92 Å². The van der Waals surface area contributed by atoms with E-state index in [2.05, 4.69) is 9.97 Å². The van der Waals surface area contributed by atoms with Crippen molar-refractivity contribution >= 4 is 26.3 Å². The number of rotatable bonds is 4. The summed E-state index contributed by atoms with van der Waals surface area (Å²) in [6.45, 7) is 0.659. The van der Waals surface area contributed by atoms with Gasteiger partial charge in [0, 0.05) is 37.5 Å². The second-order valence-electron chi connectivity index (χ2n) is 5.62. The van der Waals surface area contributed by atoms with Gasteiger partial charge in [0.2, 0.25) is 0 Å². The third kappa shape index (κ3) is 4.08. The smallest absolute Gasteiger partial charge is 0.261 e. The maximum atomic E-state index is 13.3. The van der Waals surface area contributed by atoms with E-state index in [1.54, 1.807) is 23.4 Å². The van der Waals surface area contributed by atoms with Crippen LogP contribution in [-0.2, 0) is 6.54 Å². The van der Waals surface area contributed by atoms with E-state index in [1.807, 2.05) is 40.8 Å². The van der Waals surface area contributed by atoms with Crippen LogP contribution in [-0.4, -0.2) is 37.6 Å². The minimum Gasteiger partial charge on any atom is -0.293 e.